The van der Waals surface area contributed by atoms with Gasteiger partial charge in [0.2, 0.25) is 5.13 Å². The lowest BCUT2D eigenvalue weighted by Crippen LogP contribution is -2.43. The Hall–Kier alpha value is -1.74. The van der Waals surface area contributed by atoms with Gasteiger partial charge in [-0.25, -0.2) is 14.6 Å². The van der Waals surface area contributed by atoms with Crippen LogP contribution in [0.4, 0.5) is 9.93 Å². The number of hydrogen-bond acceptors (Lipinski definition) is 6. The number of aliphatic hydroxyl groups excluding tert-OH is 1. The number of carbonyl (C=O) groups is 2. The number of rotatable bonds is 2. The maximum Gasteiger partial charge on any atom is 0.326 e. The first-order chi connectivity index (χ1) is 8.47. The molecule has 1 fully saturated rings. The molecule has 2 rings (SSSR count). The summed E-state index contributed by atoms with van der Waals surface area (Å²) in [6, 6.07) is -1.59. The van der Waals surface area contributed by atoms with Gasteiger partial charge in [-0.2, -0.15) is 4.37 Å². The highest BCUT2D eigenvalue weighted by molar-refractivity contribution is 7.09. The lowest BCUT2D eigenvalue weighted by molar-refractivity contribution is -0.141. The number of aliphatic hydroxyl groups is 1. The van der Waals surface area contributed by atoms with Gasteiger partial charge in [-0.15, -0.1) is 0 Å². The average Bonchev–Trinajstić information content (AvgIpc) is 2.85. The van der Waals surface area contributed by atoms with Gasteiger partial charge in [0.25, 0.3) is 0 Å². The normalized spacial score (nSPS) is 23.1. The number of carboxylic acid groups (broad SMARTS) is 1. The van der Waals surface area contributed by atoms with Crippen LogP contribution in [0.5, 0.6) is 0 Å². The van der Waals surface area contributed by atoms with E-state index >= 15 is 0 Å². The second-order valence-electron chi connectivity index (χ2n) is 3.97. The molecule has 2 atom stereocenters. The van der Waals surface area contributed by atoms with Crippen molar-refractivity contribution in [2.45, 2.75) is 25.5 Å². The van der Waals surface area contributed by atoms with Gasteiger partial charge < -0.3 is 15.1 Å². The second-order valence-corrected chi connectivity index (χ2v) is 4.72. The first-order valence-corrected chi connectivity index (χ1v) is 6.03. The topological polar surface area (TPSA) is 116 Å². The summed E-state index contributed by atoms with van der Waals surface area (Å²) in [7, 11) is 0. The Morgan fingerprint density at radius 1 is 1.56 bits per heavy atom. The highest BCUT2D eigenvalue weighted by Gasteiger charge is 2.39. The second kappa shape index (κ2) is 4.86. The molecule has 0 aliphatic carbocycles. The number of carboxylic acids is 1. The molecule has 3 N–H and O–H groups in total. The zero-order chi connectivity index (χ0) is 13.3. The van der Waals surface area contributed by atoms with Crippen molar-refractivity contribution >= 4 is 28.7 Å². The zero-order valence-electron chi connectivity index (χ0n) is 9.53. The fourth-order valence-electron chi connectivity index (χ4n) is 1.78. The van der Waals surface area contributed by atoms with E-state index in [2.05, 4.69) is 14.7 Å². The SMILES string of the molecule is Cc1nsc(NC(=O)N2C[C@@H](O)C[C@H]2C(=O)O)n1. The van der Waals surface area contributed by atoms with Gasteiger partial charge >= 0.3 is 12.0 Å². The van der Waals surface area contributed by atoms with Crippen LogP contribution >= 0.6 is 11.5 Å². The number of amides is 2. The number of carbonyl (C=O) groups excluding carboxylic acids is 1. The van der Waals surface area contributed by atoms with Crippen LogP contribution in [0.15, 0.2) is 0 Å². The molecule has 0 radical (unpaired) electrons. The predicted molar refractivity (Wildman–Crippen MR) is 62.4 cm³/mol. The smallest absolute Gasteiger partial charge is 0.326 e. The Bertz CT molecular complexity index is 477. The molecule has 1 saturated heterocycles. The van der Waals surface area contributed by atoms with Crippen molar-refractivity contribution in [3.8, 4) is 0 Å². The molecule has 98 valence electrons. The molecular formula is C9H12N4O4S. The van der Waals surface area contributed by atoms with Crippen molar-refractivity contribution in [2.24, 2.45) is 0 Å². The van der Waals surface area contributed by atoms with E-state index in [1.165, 1.54) is 0 Å². The summed E-state index contributed by atoms with van der Waals surface area (Å²) < 4.78 is 3.90. The third-order valence-electron chi connectivity index (χ3n) is 2.57. The molecule has 1 aliphatic heterocycles. The standard InChI is InChI=1S/C9H12N4O4S/c1-4-10-8(18-12-4)11-9(17)13-3-5(14)2-6(13)7(15)16/h5-6,14H,2-3H2,1H3,(H,15,16)(H,10,11,12,17)/t5-,6-/m0/s1. The van der Waals surface area contributed by atoms with Crippen LogP contribution in [0, 0.1) is 6.92 Å². The van der Waals surface area contributed by atoms with E-state index < -0.39 is 24.1 Å². The lowest BCUT2D eigenvalue weighted by Gasteiger charge is -2.20. The fraction of sp³-hybridized carbons (Fsp3) is 0.556. The minimum atomic E-state index is -1.13. The summed E-state index contributed by atoms with van der Waals surface area (Å²) in [5.41, 5.74) is 0. The van der Waals surface area contributed by atoms with Crippen molar-refractivity contribution in [1.29, 1.82) is 0 Å². The van der Waals surface area contributed by atoms with Crippen molar-refractivity contribution in [3.63, 3.8) is 0 Å². The minimum absolute atomic E-state index is 0.000581. The molecule has 0 unspecified atom stereocenters. The molecule has 0 saturated carbocycles. The van der Waals surface area contributed by atoms with E-state index in [-0.39, 0.29) is 13.0 Å². The quantitative estimate of drug-likeness (QED) is 0.692. The number of nitrogens with one attached hydrogen (secondary N) is 1. The largest absolute Gasteiger partial charge is 0.480 e. The number of nitrogens with zero attached hydrogens (tertiary/aromatic N) is 3. The third kappa shape index (κ3) is 2.57. The Kier molecular flexibility index (Phi) is 3.43. The van der Waals surface area contributed by atoms with Crippen LogP contribution in [0.3, 0.4) is 0 Å². The molecule has 9 heteroatoms. The van der Waals surface area contributed by atoms with E-state index in [0.717, 1.165) is 16.4 Å². The van der Waals surface area contributed by atoms with E-state index in [1.54, 1.807) is 6.92 Å². The van der Waals surface area contributed by atoms with Gasteiger partial charge in [-0.3, -0.25) is 5.32 Å². The van der Waals surface area contributed by atoms with E-state index in [0.29, 0.717) is 11.0 Å². The molecule has 8 nitrogen and oxygen atoms in total. The van der Waals surface area contributed by atoms with Crippen LogP contribution in [0.2, 0.25) is 0 Å². The van der Waals surface area contributed by atoms with Crippen LogP contribution < -0.4 is 5.32 Å². The maximum absolute atomic E-state index is 11.9. The van der Waals surface area contributed by atoms with Crippen molar-refractivity contribution in [3.05, 3.63) is 5.82 Å². The zero-order valence-corrected chi connectivity index (χ0v) is 10.3. The van der Waals surface area contributed by atoms with Crippen LogP contribution in [0.1, 0.15) is 12.2 Å². The number of aromatic nitrogens is 2. The van der Waals surface area contributed by atoms with Gasteiger partial charge in [-0.05, 0) is 6.92 Å². The molecule has 2 heterocycles. The fourth-order valence-corrected chi connectivity index (χ4v) is 2.35. The first-order valence-electron chi connectivity index (χ1n) is 5.26. The molecule has 0 aromatic carbocycles. The number of β-amino-alcohol motifs (C(OH)–C–C–N with tert-alkyl or cyclic N) is 1. The number of aryl methyl sites for hydroxylation is 1. The van der Waals surface area contributed by atoms with Crippen molar-refractivity contribution in [1.82, 2.24) is 14.3 Å². The lowest BCUT2D eigenvalue weighted by atomic mass is 10.2. The molecular weight excluding hydrogens is 260 g/mol. The van der Waals surface area contributed by atoms with Crippen molar-refractivity contribution < 1.29 is 19.8 Å². The highest BCUT2D eigenvalue weighted by atomic mass is 32.1. The number of hydrogen-bond donors (Lipinski definition) is 3. The molecule has 0 bridgehead atoms. The Labute approximate surface area is 106 Å². The monoisotopic (exact) mass is 272 g/mol. The summed E-state index contributed by atoms with van der Waals surface area (Å²) in [6.45, 7) is 1.69. The van der Waals surface area contributed by atoms with Crippen LogP contribution in [-0.2, 0) is 4.79 Å². The van der Waals surface area contributed by atoms with E-state index in [1.807, 2.05) is 0 Å². The molecule has 2 amide bonds. The maximum atomic E-state index is 11.9. The number of likely N-dealkylation sites (tertiary alicyclic amines) is 1. The molecule has 1 aromatic rings. The average molecular weight is 272 g/mol. The van der Waals surface area contributed by atoms with Gasteiger partial charge in [0.05, 0.1) is 6.10 Å². The number of urea groups is 1. The molecule has 1 aromatic heterocycles. The number of anilines is 1. The first kappa shape index (κ1) is 12.7. The van der Waals surface area contributed by atoms with Gasteiger partial charge in [-0.1, -0.05) is 0 Å². The molecule has 0 spiro atoms. The number of aliphatic carboxylic acids is 1. The van der Waals surface area contributed by atoms with E-state index in [9.17, 15) is 14.7 Å². The van der Waals surface area contributed by atoms with E-state index in [4.69, 9.17) is 5.11 Å². The predicted octanol–water partition coefficient (Wildman–Crippen LogP) is -0.102. The summed E-state index contributed by atoms with van der Waals surface area (Å²) in [5, 5.41) is 21.2. The van der Waals surface area contributed by atoms with Gasteiger partial charge in [0, 0.05) is 24.5 Å². The van der Waals surface area contributed by atoms with Gasteiger partial charge in [0.15, 0.2) is 0 Å². The van der Waals surface area contributed by atoms with Crippen molar-refractivity contribution in [2.75, 3.05) is 11.9 Å². The Morgan fingerprint density at radius 3 is 2.83 bits per heavy atom. The minimum Gasteiger partial charge on any atom is -0.480 e. The summed E-state index contributed by atoms with van der Waals surface area (Å²) in [4.78, 5) is 27.9. The summed E-state index contributed by atoms with van der Waals surface area (Å²) in [5.74, 6) is -0.596. The third-order valence-corrected chi connectivity index (χ3v) is 3.29. The molecule has 1 aliphatic rings. The van der Waals surface area contributed by atoms with Gasteiger partial charge in [0.1, 0.15) is 11.9 Å². The summed E-state index contributed by atoms with van der Waals surface area (Å²) >= 11 is 1.02. The summed E-state index contributed by atoms with van der Waals surface area (Å²) in [6.07, 6.45) is -0.772. The van der Waals surface area contributed by atoms with Crippen LogP contribution in [0.25, 0.3) is 0 Å². The Balaban J connectivity index is 2.06. The highest BCUT2D eigenvalue weighted by Crippen LogP contribution is 2.20. The van der Waals surface area contributed by atoms with Crippen LogP contribution in [-0.4, -0.2) is 55.2 Å². The molecule has 18 heavy (non-hydrogen) atoms. The Morgan fingerprint density at radius 2 is 2.28 bits per heavy atom.